The lowest BCUT2D eigenvalue weighted by molar-refractivity contribution is -0.145. The normalized spacial score (nSPS) is 10.7. The summed E-state index contributed by atoms with van der Waals surface area (Å²) in [5.41, 5.74) is 2.22. The molecule has 0 amide bonds. The number of rotatable bonds is 7. The van der Waals surface area contributed by atoms with Gasteiger partial charge in [-0.3, -0.25) is 14.2 Å². The zero-order chi connectivity index (χ0) is 19.4. The number of hydrogen-bond acceptors (Lipinski definition) is 6. The van der Waals surface area contributed by atoms with Gasteiger partial charge in [-0.25, -0.2) is 4.79 Å². The Balaban J connectivity index is 1.65. The minimum Gasteiger partial charge on any atom is -0.496 e. The van der Waals surface area contributed by atoms with Crippen molar-refractivity contribution in [1.82, 2.24) is 4.57 Å². The number of methoxy groups -OCH3 is 1. The Morgan fingerprint density at radius 1 is 1.15 bits per heavy atom. The van der Waals surface area contributed by atoms with Gasteiger partial charge >= 0.3 is 11.7 Å². The average Bonchev–Trinajstić information content (AvgIpc) is 2.99. The van der Waals surface area contributed by atoms with E-state index in [0.717, 1.165) is 0 Å². The Hall–Kier alpha value is -3.35. The first-order chi connectivity index (χ1) is 13.0. The number of oxazole rings is 1. The smallest absolute Gasteiger partial charge is 0.419 e. The van der Waals surface area contributed by atoms with E-state index in [-0.39, 0.29) is 25.4 Å². The van der Waals surface area contributed by atoms with Crippen LogP contribution in [0.15, 0.2) is 51.7 Å². The lowest BCUT2D eigenvalue weighted by Crippen LogP contribution is -2.17. The molecule has 140 valence electrons. The molecule has 1 heterocycles. The highest BCUT2D eigenvalue weighted by Gasteiger charge is 2.13. The molecular formula is C20H19NO6. The van der Waals surface area contributed by atoms with E-state index in [9.17, 15) is 14.4 Å². The maximum absolute atomic E-state index is 12.1. The van der Waals surface area contributed by atoms with Gasteiger partial charge in [0, 0.05) is 17.7 Å². The molecular weight excluding hydrogens is 350 g/mol. The van der Waals surface area contributed by atoms with E-state index in [0.29, 0.717) is 28.0 Å². The number of benzene rings is 2. The molecule has 3 rings (SSSR count). The van der Waals surface area contributed by atoms with Crippen LogP contribution in [-0.2, 0) is 22.7 Å². The molecule has 0 aliphatic carbocycles. The Bertz CT molecular complexity index is 1050. The van der Waals surface area contributed by atoms with Crippen molar-refractivity contribution < 1.29 is 23.5 Å². The van der Waals surface area contributed by atoms with Crippen LogP contribution in [0.5, 0.6) is 5.75 Å². The minimum absolute atomic E-state index is 0.0121. The monoisotopic (exact) mass is 369 g/mol. The van der Waals surface area contributed by atoms with Crippen LogP contribution in [0.1, 0.15) is 29.3 Å². The van der Waals surface area contributed by atoms with E-state index in [1.165, 1.54) is 18.6 Å². The Morgan fingerprint density at radius 3 is 2.67 bits per heavy atom. The lowest BCUT2D eigenvalue weighted by atomic mass is 10.1. The molecule has 0 radical (unpaired) electrons. The van der Waals surface area contributed by atoms with Gasteiger partial charge in [0.05, 0.1) is 19.0 Å². The number of aromatic nitrogens is 1. The fraction of sp³-hybridized carbons (Fsp3) is 0.250. The lowest BCUT2D eigenvalue weighted by Gasteiger charge is -2.11. The summed E-state index contributed by atoms with van der Waals surface area (Å²) < 4.78 is 17.0. The Morgan fingerprint density at radius 2 is 1.93 bits per heavy atom. The topological polar surface area (TPSA) is 87.7 Å². The van der Waals surface area contributed by atoms with Gasteiger partial charge in [0.1, 0.15) is 12.4 Å². The maximum Gasteiger partial charge on any atom is 0.419 e. The van der Waals surface area contributed by atoms with Crippen molar-refractivity contribution in [2.45, 2.75) is 26.5 Å². The first-order valence-electron chi connectivity index (χ1n) is 8.41. The molecule has 27 heavy (non-hydrogen) atoms. The third-order valence-corrected chi connectivity index (χ3v) is 4.19. The summed E-state index contributed by atoms with van der Waals surface area (Å²) in [5.74, 6) is -0.538. The number of carbonyl (C=O) groups excluding carboxylic acids is 2. The van der Waals surface area contributed by atoms with Crippen LogP contribution >= 0.6 is 0 Å². The number of ketones is 1. The molecule has 0 aliphatic rings. The second-order valence-electron chi connectivity index (χ2n) is 5.98. The van der Waals surface area contributed by atoms with Crippen LogP contribution < -0.4 is 10.5 Å². The SMILES string of the molecule is COc1ccc(C(C)=O)cc1COC(=O)CCn1c(=O)oc2ccccc21. The van der Waals surface area contributed by atoms with E-state index in [1.54, 1.807) is 42.5 Å². The molecule has 0 atom stereocenters. The molecule has 0 saturated carbocycles. The van der Waals surface area contributed by atoms with Gasteiger partial charge in [-0.1, -0.05) is 12.1 Å². The number of esters is 1. The minimum atomic E-state index is -0.514. The summed E-state index contributed by atoms with van der Waals surface area (Å²) in [7, 11) is 1.50. The molecule has 7 nitrogen and oxygen atoms in total. The predicted octanol–water partition coefficient (Wildman–Crippen LogP) is 2.94. The Labute approximate surface area is 155 Å². The number of carbonyl (C=O) groups is 2. The van der Waals surface area contributed by atoms with Gasteiger partial charge in [-0.15, -0.1) is 0 Å². The fourth-order valence-electron chi connectivity index (χ4n) is 2.77. The van der Waals surface area contributed by atoms with Crippen molar-refractivity contribution in [3.63, 3.8) is 0 Å². The average molecular weight is 369 g/mol. The summed E-state index contributed by atoms with van der Waals surface area (Å²) in [6, 6.07) is 12.0. The standard InChI is InChI=1S/C20H19NO6/c1-13(22)14-7-8-17(25-2)15(11-14)12-26-19(23)9-10-21-16-5-3-4-6-18(16)27-20(21)24/h3-8,11H,9-10,12H2,1-2H3. The summed E-state index contributed by atoms with van der Waals surface area (Å²) in [6.45, 7) is 1.59. The fourth-order valence-corrected chi connectivity index (χ4v) is 2.77. The van der Waals surface area contributed by atoms with Crippen LogP contribution in [-0.4, -0.2) is 23.4 Å². The highest BCUT2D eigenvalue weighted by atomic mass is 16.5. The predicted molar refractivity (Wildman–Crippen MR) is 97.9 cm³/mol. The molecule has 7 heteroatoms. The zero-order valence-corrected chi connectivity index (χ0v) is 15.1. The number of ether oxygens (including phenoxy) is 2. The number of nitrogens with zero attached hydrogens (tertiary/aromatic N) is 1. The van der Waals surface area contributed by atoms with Crippen molar-refractivity contribution in [3.05, 3.63) is 64.1 Å². The summed E-state index contributed by atoms with van der Waals surface area (Å²) in [5, 5.41) is 0. The van der Waals surface area contributed by atoms with E-state index in [1.807, 2.05) is 0 Å². The highest BCUT2D eigenvalue weighted by Crippen LogP contribution is 2.21. The molecule has 0 spiro atoms. The molecule has 0 saturated heterocycles. The van der Waals surface area contributed by atoms with Crippen LogP contribution in [0.2, 0.25) is 0 Å². The van der Waals surface area contributed by atoms with Crippen LogP contribution in [0.4, 0.5) is 0 Å². The number of aryl methyl sites for hydroxylation is 1. The van der Waals surface area contributed by atoms with Crippen LogP contribution in [0.25, 0.3) is 11.1 Å². The maximum atomic E-state index is 12.1. The van der Waals surface area contributed by atoms with Gasteiger partial charge in [-0.05, 0) is 37.3 Å². The number of para-hydroxylation sites is 2. The van der Waals surface area contributed by atoms with Crippen molar-refractivity contribution in [3.8, 4) is 5.75 Å². The van der Waals surface area contributed by atoms with E-state index < -0.39 is 11.7 Å². The van der Waals surface area contributed by atoms with Crippen LogP contribution in [0, 0.1) is 0 Å². The van der Waals surface area contributed by atoms with Crippen LogP contribution in [0.3, 0.4) is 0 Å². The highest BCUT2D eigenvalue weighted by molar-refractivity contribution is 5.94. The van der Waals surface area contributed by atoms with Gasteiger partial charge in [0.2, 0.25) is 0 Å². The third-order valence-electron chi connectivity index (χ3n) is 4.19. The van der Waals surface area contributed by atoms with Crippen molar-refractivity contribution >= 4 is 22.9 Å². The van der Waals surface area contributed by atoms with Crippen molar-refractivity contribution in [2.75, 3.05) is 7.11 Å². The van der Waals surface area contributed by atoms with E-state index in [2.05, 4.69) is 0 Å². The van der Waals surface area contributed by atoms with E-state index >= 15 is 0 Å². The largest absolute Gasteiger partial charge is 0.496 e. The summed E-state index contributed by atoms with van der Waals surface area (Å²) in [6.07, 6.45) is 0.0121. The zero-order valence-electron chi connectivity index (χ0n) is 15.1. The summed E-state index contributed by atoms with van der Waals surface area (Å²) >= 11 is 0. The van der Waals surface area contributed by atoms with Crippen molar-refractivity contribution in [1.29, 1.82) is 0 Å². The second-order valence-corrected chi connectivity index (χ2v) is 5.98. The van der Waals surface area contributed by atoms with Gasteiger partial charge in [0.25, 0.3) is 0 Å². The first kappa shape index (κ1) is 18.4. The molecule has 0 unspecified atom stereocenters. The number of hydrogen-bond donors (Lipinski definition) is 0. The number of Topliss-reactive ketones (excluding diaryl/α,β-unsaturated/α-hetero) is 1. The van der Waals surface area contributed by atoms with E-state index in [4.69, 9.17) is 13.9 Å². The molecule has 0 bridgehead atoms. The number of fused-ring (bicyclic) bond motifs is 1. The third kappa shape index (κ3) is 4.08. The Kier molecular flexibility index (Phi) is 5.40. The first-order valence-corrected chi connectivity index (χ1v) is 8.41. The molecule has 1 aromatic heterocycles. The molecule has 0 fully saturated rings. The molecule has 3 aromatic rings. The quantitative estimate of drug-likeness (QED) is 0.470. The molecule has 0 N–H and O–H groups in total. The molecule has 0 aliphatic heterocycles. The van der Waals surface area contributed by atoms with Crippen molar-refractivity contribution in [2.24, 2.45) is 0 Å². The van der Waals surface area contributed by atoms with Gasteiger partial charge < -0.3 is 13.9 Å². The molecule has 2 aromatic carbocycles. The van der Waals surface area contributed by atoms with Gasteiger partial charge in [-0.2, -0.15) is 0 Å². The van der Waals surface area contributed by atoms with Gasteiger partial charge in [0.15, 0.2) is 11.4 Å². The summed E-state index contributed by atoms with van der Waals surface area (Å²) in [4.78, 5) is 35.5. The second kappa shape index (κ2) is 7.90.